The van der Waals surface area contributed by atoms with E-state index in [0.717, 1.165) is 6.42 Å². The second-order valence-corrected chi connectivity index (χ2v) is 4.93. The van der Waals surface area contributed by atoms with Crippen molar-refractivity contribution in [1.29, 1.82) is 0 Å². The van der Waals surface area contributed by atoms with Crippen molar-refractivity contribution in [2.24, 2.45) is 0 Å². The molecule has 0 aliphatic carbocycles. The molecule has 0 atom stereocenters. The zero-order valence-electron chi connectivity index (χ0n) is 11.3. The van der Waals surface area contributed by atoms with Crippen molar-refractivity contribution in [3.63, 3.8) is 0 Å². The maximum absolute atomic E-state index is 8.81. The molecule has 0 aliphatic rings. The van der Waals surface area contributed by atoms with Gasteiger partial charge < -0.3 is 22.0 Å². The van der Waals surface area contributed by atoms with Gasteiger partial charge in [0.25, 0.3) is 0 Å². The SMILES string of the molecule is CCCC[N+](C)(CCCC)CCCCO.[Cl-]. The second-order valence-electron chi connectivity index (χ2n) is 4.93. The molecule has 0 aromatic carbocycles. The Bertz CT molecular complexity index is 134. The molecule has 2 nitrogen and oxygen atoms in total. The molecule has 1 N–H and O–H groups in total. The third-order valence-corrected chi connectivity index (χ3v) is 3.21. The Labute approximate surface area is 108 Å². The smallest absolute Gasteiger partial charge is 0.0785 e. The van der Waals surface area contributed by atoms with Gasteiger partial charge in [0, 0.05) is 6.61 Å². The molecule has 0 aromatic heterocycles. The Morgan fingerprint density at radius 3 is 1.62 bits per heavy atom. The van der Waals surface area contributed by atoms with Crippen LogP contribution in [0.15, 0.2) is 0 Å². The van der Waals surface area contributed by atoms with Crippen LogP contribution >= 0.6 is 0 Å². The van der Waals surface area contributed by atoms with Crippen molar-refractivity contribution < 1.29 is 22.0 Å². The number of aliphatic hydroxyl groups excluding tert-OH is 1. The van der Waals surface area contributed by atoms with Gasteiger partial charge in [-0.1, -0.05) is 26.7 Å². The van der Waals surface area contributed by atoms with Gasteiger partial charge in [-0.25, -0.2) is 0 Å². The van der Waals surface area contributed by atoms with E-state index >= 15 is 0 Å². The van der Waals surface area contributed by atoms with Crippen molar-refractivity contribution in [1.82, 2.24) is 0 Å². The van der Waals surface area contributed by atoms with Crippen molar-refractivity contribution in [3.8, 4) is 0 Å². The van der Waals surface area contributed by atoms with Crippen LogP contribution in [0.1, 0.15) is 52.4 Å². The van der Waals surface area contributed by atoms with Crippen molar-refractivity contribution in [2.45, 2.75) is 52.4 Å². The number of aliphatic hydroxyl groups is 1. The van der Waals surface area contributed by atoms with E-state index < -0.39 is 0 Å². The van der Waals surface area contributed by atoms with Gasteiger partial charge in [-0.2, -0.15) is 0 Å². The molecule has 0 unspecified atom stereocenters. The lowest BCUT2D eigenvalue weighted by molar-refractivity contribution is -0.910. The standard InChI is InChI=1S/C13H30NO.ClH/c1-4-6-10-14(3,11-7-5-2)12-8-9-13-15;/h15H,4-13H2,1-3H3;1H/q+1;/p-1. The molecule has 0 rings (SSSR count). The van der Waals surface area contributed by atoms with Crippen LogP contribution in [0.2, 0.25) is 0 Å². The van der Waals surface area contributed by atoms with Gasteiger partial charge in [0.2, 0.25) is 0 Å². The van der Waals surface area contributed by atoms with Gasteiger partial charge in [0.1, 0.15) is 0 Å². The van der Waals surface area contributed by atoms with E-state index in [4.69, 9.17) is 5.11 Å². The summed E-state index contributed by atoms with van der Waals surface area (Å²) < 4.78 is 1.21. The minimum absolute atomic E-state index is 0. The summed E-state index contributed by atoms with van der Waals surface area (Å²) in [6, 6.07) is 0. The Balaban J connectivity index is 0. The average molecular weight is 252 g/mol. The molecular weight excluding hydrogens is 222 g/mol. The van der Waals surface area contributed by atoms with Gasteiger partial charge in [-0.05, 0) is 25.7 Å². The summed E-state index contributed by atoms with van der Waals surface area (Å²) in [6.45, 7) is 8.72. The third kappa shape index (κ3) is 9.44. The van der Waals surface area contributed by atoms with Crippen LogP contribution in [0.5, 0.6) is 0 Å². The summed E-state index contributed by atoms with van der Waals surface area (Å²) in [5, 5.41) is 8.81. The Morgan fingerprint density at radius 2 is 1.25 bits per heavy atom. The first kappa shape index (κ1) is 18.6. The maximum Gasteiger partial charge on any atom is 0.0785 e. The van der Waals surface area contributed by atoms with Crippen LogP contribution in [-0.4, -0.2) is 42.9 Å². The van der Waals surface area contributed by atoms with Gasteiger partial charge >= 0.3 is 0 Å². The molecule has 0 aromatic rings. The van der Waals surface area contributed by atoms with E-state index in [1.54, 1.807) is 0 Å². The molecule has 0 aliphatic heterocycles. The lowest BCUT2D eigenvalue weighted by Crippen LogP contribution is -3.00. The molecular formula is C13H30ClNO. The zero-order chi connectivity index (χ0) is 11.6. The van der Waals surface area contributed by atoms with Crippen LogP contribution in [0.3, 0.4) is 0 Å². The summed E-state index contributed by atoms with van der Waals surface area (Å²) in [6.07, 6.45) is 7.38. The molecule has 3 heteroatoms. The maximum atomic E-state index is 8.81. The number of halogens is 1. The van der Waals surface area contributed by atoms with Crippen molar-refractivity contribution >= 4 is 0 Å². The predicted molar refractivity (Wildman–Crippen MR) is 66.9 cm³/mol. The molecule has 0 radical (unpaired) electrons. The highest BCUT2D eigenvalue weighted by Crippen LogP contribution is 2.10. The number of hydrogen-bond donors (Lipinski definition) is 1. The monoisotopic (exact) mass is 251 g/mol. The Kier molecular flexibility index (Phi) is 13.6. The quantitative estimate of drug-likeness (QED) is 0.422. The molecule has 0 amide bonds. The summed E-state index contributed by atoms with van der Waals surface area (Å²) in [5.74, 6) is 0. The lowest BCUT2D eigenvalue weighted by Gasteiger charge is -2.34. The summed E-state index contributed by atoms with van der Waals surface area (Å²) >= 11 is 0. The first-order valence-corrected chi connectivity index (χ1v) is 6.63. The number of nitrogens with zero attached hydrogens (tertiary/aromatic N) is 1. The fourth-order valence-electron chi connectivity index (χ4n) is 2.02. The highest BCUT2D eigenvalue weighted by atomic mass is 35.5. The van der Waals surface area contributed by atoms with E-state index in [2.05, 4.69) is 20.9 Å². The molecule has 0 spiro atoms. The lowest BCUT2D eigenvalue weighted by atomic mass is 10.2. The van der Waals surface area contributed by atoms with Gasteiger partial charge in [0.15, 0.2) is 0 Å². The van der Waals surface area contributed by atoms with E-state index in [1.165, 1.54) is 56.2 Å². The number of quaternary nitrogens is 1. The van der Waals surface area contributed by atoms with Crippen LogP contribution in [0.25, 0.3) is 0 Å². The van der Waals surface area contributed by atoms with Crippen molar-refractivity contribution in [3.05, 3.63) is 0 Å². The molecule has 100 valence electrons. The van der Waals surface area contributed by atoms with E-state index in [9.17, 15) is 0 Å². The molecule has 0 fully saturated rings. The molecule has 0 saturated carbocycles. The van der Waals surface area contributed by atoms with E-state index in [1.807, 2.05) is 0 Å². The second kappa shape index (κ2) is 11.7. The summed E-state index contributed by atoms with van der Waals surface area (Å²) in [7, 11) is 2.38. The minimum Gasteiger partial charge on any atom is -1.00 e. The van der Waals surface area contributed by atoms with Crippen molar-refractivity contribution in [2.75, 3.05) is 33.3 Å². The predicted octanol–water partition coefficient (Wildman–Crippen LogP) is -0.190. The van der Waals surface area contributed by atoms with Crippen LogP contribution in [-0.2, 0) is 0 Å². The van der Waals surface area contributed by atoms with E-state index in [-0.39, 0.29) is 12.4 Å². The summed E-state index contributed by atoms with van der Waals surface area (Å²) in [5.41, 5.74) is 0. The molecule has 0 saturated heterocycles. The topological polar surface area (TPSA) is 20.2 Å². The van der Waals surface area contributed by atoms with E-state index in [0.29, 0.717) is 6.61 Å². The largest absolute Gasteiger partial charge is 1.00 e. The first-order valence-electron chi connectivity index (χ1n) is 6.63. The number of rotatable bonds is 10. The molecule has 0 bridgehead atoms. The van der Waals surface area contributed by atoms with Crippen LogP contribution in [0.4, 0.5) is 0 Å². The van der Waals surface area contributed by atoms with Gasteiger partial charge in [0.05, 0.1) is 26.7 Å². The van der Waals surface area contributed by atoms with Gasteiger partial charge in [-0.3, -0.25) is 0 Å². The molecule has 16 heavy (non-hydrogen) atoms. The average Bonchev–Trinajstić information content (AvgIpc) is 2.24. The highest BCUT2D eigenvalue weighted by Gasteiger charge is 2.19. The van der Waals surface area contributed by atoms with Crippen LogP contribution < -0.4 is 12.4 Å². The normalized spacial score (nSPS) is 11.2. The first-order chi connectivity index (χ1) is 7.18. The Hall–Kier alpha value is 0.210. The Morgan fingerprint density at radius 1 is 0.812 bits per heavy atom. The fourth-order valence-corrected chi connectivity index (χ4v) is 2.02. The summed E-state index contributed by atoms with van der Waals surface area (Å²) in [4.78, 5) is 0. The minimum atomic E-state index is 0. The highest BCUT2D eigenvalue weighted by molar-refractivity contribution is 4.45. The van der Waals surface area contributed by atoms with Gasteiger partial charge in [-0.15, -0.1) is 0 Å². The van der Waals surface area contributed by atoms with Crippen LogP contribution in [0, 0.1) is 0 Å². The number of hydrogen-bond acceptors (Lipinski definition) is 1. The third-order valence-electron chi connectivity index (χ3n) is 3.21. The molecule has 0 heterocycles. The zero-order valence-corrected chi connectivity index (χ0v) is 12.1. The number of unbranched alkanes of at least 4 members (excludes halogenated alkanes) is 3. The fraction of sp³-hybridized carbons (Fsp3) is 1.00.